The van der Waals surface area contributed by atoms with Crippen LogP contribution in [0, 0.1) is 0 Å². The number of aliphatic carboxylic acids is 1. The molecule has 0 bridgehead atoms. The third kappa shape index (κ3) is 3.31. The van der Waals surface area contributed by atoms with Gasteiger partial charge in [-0.2, -0.15) is 0 Å². The molecule has 1 aliphatic carbocycles. The molecule has 0 heterocycles. The molecule has 1 atom stereocenters. The summed E-state index contributed by atoms with van der Waals surface area (Å²) in [5.74, 6) is -0.122. The molecule has 2 N–H and O–H groups in total. The van der Waals surface area contributed by atoms with Gasteiger partial charge in [-0.1, -0.05) is 13.0 Å². The predicted octanol–water partition coefficient (Wildman–Crippen LogP) is 2.40. The second kappa shape index (κ2) is 6.27. The van der Waals surface area contributed by atoms with Crippen molar-refractivity contribution in [3.05, 3.63) is 29.3 Å². The van der Waals surface area contributed by atoms with E-state index in [0.29, 0.717) is 6.54 Å². The van der Waals surface area contributed by atoms with E-state index in [1.165, 1.54) is 17.5 Å². The lowest BCUT2D eigenvalue weighted by Crippen LogP contribution is -2.54. The lowest BCUT2D eigenvalue weighted by Gasteiger charge is -2.26. The summed E-state index contributed by atoms with van der Waals surface area (Å²) in [6, 6.07) is 6.08. The van der Waals surface area contributed by atoms with Crippen LogP contribution in [0.5, 0.6) is 5.75 Å². The van der Waals surface area contributed by atoms with Gasteiger partial charge in [0.1, 0.15) is 17.9 Å². The van der Waals surface area contributed by atoms with Gasteiger partial charge in [-0.15, -0.1) is 0 Å². The molecule has 20 heavy (non-hydrogen) atoms. The highest BCUT2D eigenvalue weighted by Crippen LogP contribution is 2.26. The first-order valence-electron chi connectivity index (χ1n) is 7.28. The molecule has 1 aliphatic rings. The van der Waals surface area contributed by atoms with Crippen LogP contribution in [-0.2, 0) is 17.6 Å². The predicted molar refractivity (Wildman–Crippen MR) is 78.3 cm³/mol. The second-order valence-electron chi connectivity index (χ2n) is 5.64. The molecule has 1 aromatic rings. The molecule has 0 amide bonds. The minimum atomic E-state index is -1.05. The Kier molecular flexibility index (Phi) is 4.65. The van der Waals surface area contributed by atoms with Crippen LogP contribution in [0.15, 0.2) is 18.2 Å². The van der Waals surface area contributed by atoms with Gasteiger partial charge in [0.25, 0.3) is 0 Å². The highest BCUT2D eigenvalue weighted by molar-refractivity contribution is 5.78. The zero-order chi connectivity index (χ0) is 14.6. The number of carboxylic acid groups (broad SMARTS) is 1. The number of carbonyl (C=O) groups is 1. The van der Waals surface area contributed by atoms with Crippen molar-refractivity contribution >= 4 is 5.97 Å². The summed E-state index contributed by atoms with van der Waals surface area (Å²) in [7, 11) is 0. The maximum atomic E-state index is 11.4. The summed E-state index contributed by atoms with van der Waals surface area (Å²) >= 11 is 0. The Hall–Kier alpha value is -1.55. The number of aryl methyl sites for hydroxylation is 2. The van der Waals surface area contributed by atoms with Crippen LogP contribution in [0.25, 0.3) is 0 Å². The molecule has 0 saturated carbocycles. The Morgan fingerprint density at radius 2 is 2.15 bits per heavy atom. The van der Waals surface area contributed by atoms with E-state index < -0.39 is 11.5 Å². The van der Waals surface area contributed by atoms with Gasteiger partial charge in [0.05, 0.1) is 0 Å². The quantitative estimate of drug-likeness (QED) is 0.803. The molecule has 0 fully saturated rings. The third-order valence-corrected chi connectivity index (χ3v) is 3.83. The topological polar surface area (TPSA) is 58.6 Å². The standard InChI is InChI=1S/C16H23NO3/c1-3-9-17-16(2,15(18)19)11-20-14-8-7-12-5-4-6-13(12)10-14/h7-8,10,17H,3-6,9,11H2,1-2H3,(H,18,19). The first-order chi connectivity index (χ1) is 9.55. The average molecular weight is 277 g/mol. The highest BCUT2D eigenvalue weighted by atomic mass is 16.5. The van der Waals surface area contributed by atoms with E-state index in [0.717, 1.165) is 25.0 Å². The minimum absolute atomic E-state index is 0.126. The lowest BCUT2D eigenvalue weighted by atomic mass is 10.0. The first-order valence-corrected chi connectivity index (χ1v) is 7.28. The molecular weight excluding hydrogens is 254 g/mol. The van der Waals surface area contributed by atoms with Gasteiger partial charge in [-0.25, -0.2) is 0 Å². The summed E-state index contributed by atoms with van der Waals surface area (Å²) in [4.78, 5) is 11.4. The Balaban J connectivity index is 2.00. The number of hydrogen-bond acceptors (Lipinski definition) is 3. The average Bonchev–Trinajstić information content (AvgIpc) is 2.90. The normalized spacial score (nSPS) is 16.5. The van der Waals surface area contributed by atoms with Crippen molar-refractivity contribution in [2.75, 3.05) is 13.2 Å². The number of fused-ring (bicyclic) bond motifs is 1. The fraction of sp³-hybridized carbons (Fsp3) is 0.562. The van der Waals surface area contributed by atoms with Crippen molar-refractivity contribution in [1.82, 2.24) is 5.32 Å². The monoisotopic (exact) mass is 277 g/mol. The van der Waals surface area contributed by atoms with Gasteiger partial charge in [0.2, 0.25) is 0 Å². The Morgan fingerprint density at radius 1 is 1.40 bits per heavy atom. The lowest BCUT2D eigenvalue weighted by molar-refractivity contribution is -0.145. The molecule has 0 radical (unpaired) electrons. The fourth-order valence-electron chi connectivity index (χ4n) is 2.45. The summed E-state index contributed by atoms with van der Waals surface area (Å²) < 4.78 is 5.71. The van der Waals surface area contributed by atoms with Crippen LogP contribution in [0.1, 0.15) is 37.8 Å². The summed E-state index contributed by atoms with van der Waals surface area (Å²) in [5.41, 5.74) is 1.68. The molecule has 0 aliphatic heterocycles. The zero-order valence-corrected chi connectivity index (χ0v) is 12.2. The smallest absolute Gasteiger partial charge is 0.327 e. The Bertz CT molecular complexity index is 487. The summed E-state index contributed by atoms with van der Waals surface area (Å²) in [6.45, 7) is 4.46. The molecule has 110 valence electrons. The van der Waals surface area contributed by atoms with Crippen molar-refractivity contribution in [3.8, 4) is 5.75 Å². The maximum Gasteiger partial charge on any atom is 0.327 e. The highest BCUT2D eigenvalue weighted by Gasteiger charge is 2.33. The molecular formula is C16H23NO3. The minimum Gasteiger partial charge on any atom is -0.491 e. The van der Waals surface area contributed by atoms with Crippen molar-refractivity contribution in [3.63, 3.8) is 0 Å². The van der Waals surface area contributed by atoms with E-state index in [9.17, 15) is 9.90 Å². The van der Waals surface area contributed by atoms with Crippen LogP contribution >= 0.6 is 0 Å². The molecule has 0 saturated heterocycles. The van der Waals surface area contributed by atoms with Crippen molar-refractivity contribution in [2.24, 2.45) is 0 Å². The molecule has 4 heteroatoms. The van der Waals surface area contributed by atoms with E-state index in [2.05, 4.69) is 11.4 Å². The second-order valence-corrected chi connectivity index (χ2v) is 5.64. The number of hydrogen-bond donors (Lipinski definition) is 2. The number of ether oxygens (including phenoxy) is 1. The molecule has 0 spiro atoms. The van der Waals surface area contributed by atoms with Gasteiger partial charge < -0.3 is 9.84 Å². The summed E-state index contributed by atoms with van der Waals surface area (Å²) in [5, 5.41) is 12.4. The van der Waals surface area contributed by atoms with Gasteiger partial charge >= 0.3 is 5.97 Å². The summed E-state index contributed by atoms with van der Waals surface area (Å²) in [6.07, 6.45) is 4.32. The molecule has 4 nitrogen and oxygen atoms in total. The third-order valence-electron chi connectivity index (χ3n) is 3.83. The van der Waals surface area contributed by atoms with Crippen molar-refractivity contribution in [2.45, 2.75) is 45.1 Å². The van der Waals surface area contributed by atoms with E-state index >= 15 is 0 Å². The van der Waals surface area contributed by atoms with Crippen LogP contribution in [0.3, 0.4) is 0 Å². The van der Waals surface area contributed by atoms with E-state index in [4.69, 9.17) is 4.74 Å². The van der Waals surface area contributed by atoms with Crippen LogP contribution in [0.4, 0.5) is 0 Å². The Labute approximate surface area is 120 Å². The fourth-order valence-corrected chi connectivity index (χ4v) is 2.45. The van der Waals surface area contributed by atoms with Gasteiger partial charge in [-0.05, 0) is 62.4 Å². The molecule has 0 aromatic heterocycles. The van der Waals surface area contributed by atoms with Gasteiger partial charge in [-0.3, -0.25) is 10.1 Å². The number of nitrogens with one attached hydrogen (secondary N) is 1. The van der Waals surface area contributed by atoms with Crippen LogP contribution < -0.4 is 10.1 Å². The number of rotatable bonds is 7. The maximum absolute atomic E-state index is 11.4. The first kappa shape index (κ1) is 14.9. The van der Waals surface area contributed by atoms with Crippen LogP contribution in [0.2, 0.25) is 0 Å². The van der Waals surface area contributed by atoms with Crippen molar-refractivity contribution < 1.29 is 14.6 Å². The molecule has 1 aromatic carbocycles. The number of benzene rings is 1. The van der Waals surface area contributed by atoms with E-state index in [1.807, 2.05) is 19.1 Å². The Morgan fingerprint density at radius 3 is 2.85 bits per heavy atom. The van der Waals surface area contributed by atoms with Gasteiger partial charge in [0.15, 0.2) is 0 Å². The molecule has 1 unspecified atom stereocenters. The SMILES string of the molecule is CCCNC(C)(COc1ccc2c(c1)CCC2)C(=O)O. The zero-order valence-electron chi connectivity index (χ0n) is 12.2. The van der Waals surface area contributed by atoms with Crippen LogP contribution in [-0.4, -0.2) is 29.8 Å². The van der Waals surface area contributed by atoms with E-state index in [1.54, 1.807) is 6.92 Å². The van der Waals surface area contributed by atoms with E-state index in [-0.39, 0.29) is 6.61 Å². The number of carboxylic acids is 1. The van der Waals surface area contributed by atoms with Crippen molar-refractivity contribution in [1.29, 1.82) is 0 Å². The van der Waals surface area contributed by atoms with Gasteiger partial charge in [0, 0.05) is 0 Å². The molecule has 2 rings (SSSR count). The largest absolute Gasteiger partial charge is 0.491 e.